The van der Waals surface area contributed by atoms with E-state index in [2.05, 4.69) is 10.6 Å². The molecule has 2 aromatic carbocycles. The van der Waals surface area contributed by atoms with Crippen LogP contribution < -0.4 is 22.2 Å². The van der Waals surface area contributed by atoms with Crippen LogP contribution in [-0.4, -0.2) is 128 Å². The van der Waals surface area contributed by atoms with Crippen LogP contribution in [0.15, 0.2) is 48.3 Å². The van der Waals surface area contributed by atoms with Crippen molar-refractivity contribution >= 4 is 29.8 Å². The van der Waals surface area contributed by atoms with E-state index in [-0.39, 0.29) is 29.1 Å². The minimum absolute atomic E-state index is 0.00646. The van der Waals surface area contributed by atoms with Gasteiger partial charge in [0.2, 0.25) is 11.8 Å². The number of aliphatic carboxylic acids is 1. The van der Waals surface area contributed by atoms with Gasteiger partial charge in [-0.15, -0.1) is 0 Å². The lowest BCUT2D eigenvalue weighted by atomic mass is 9.87. The van der Waals surface area contributed by atoms with Crippen molar-refractivity contribution in [2.45, 2.75) is 121 Å². The van der Waals surface area contributed by atoms with Gasteiger partial charge in [-0.25, -0.2) is 10.6 Å². The number of ether oxygens (including phenoxy) is 1. The second-order valence-electron chi connectivity index (χ2n) is 17.4. The van der Waals surface area contributed by atoms with Crippen LogP contribution in [0.2, 0.25) is 0 Å². The highest BCUT2D eigenvalue weighted by molar-refractivity contribution is 5.95. The molecule has 2 aliphatic rings. The minimum Gasteiger partial charge on any atom is -0.507 e. The molecule has 1 saturated heterocycles. The number of aliphatic hydroxyl groups is 4. The fourth-order valence-corrected chi connectivity index (χ4v) is 8.14. The summed E-state index contributed by atoms with van der Waals surface area (Å²) < 4.78 is 5.48. The number of nitrogens with two attached hydrogens (primary N) is 2. The summed E-state index contributed by atoms with van der Waals surface area (Å²) in [4.78, 5) is 53.5. The molecule has 2 aromatic rings. The number of aliphatic hydroxyl groups excluding tert-OH is 3. The summed E-state index contributed by atoms with van der Waals surface area (Å²) in [5.41, 5.74) is 7.82. The molecule has 3 unspecified atom stereocenters. The van der Waals surface area contributed by atoms with Crippen LogP contribution in [0.5, 0.6) is 5.75 Å². The lowest BCUT2D eigenvalue weighted by Crippen LogP contribution is -2.53. The Balaban J connectivity index is 1.46. The van der Waals surface area contributed by atoms with E-state index in [0.29, 0.717) is 36.6 Å². The zero-order valence-corrected chi connectivity index (χ0v) is 37.0. The zero-order valence-electron chi connectivity index (χ0n) is 37.0. The molecule has 1 aliphatic heterocycles. The standard InChI is InChI=1S/C46H68N6O11/c1-28-14-15-31(24-51(4)44(59)34-13-9-17-63-27-34)20-33(28)12-8-16-46(62,45(60)61)22-39(54)37(50-41(56)26-52(48)25-36(47)32-10-6-5-7-11-32)21-38(53)40(55)23-49-43(58)35-18-29(2)42(57)30(3)19-35/h8,12,14-15,18-20,25,32,34,37-40,53-55,57,62H,5-7,9-11,13,16-17,21-24,26-27,47-48H2,1-4H3,(H,49,58)(H,50,56)(H,60,61)/b12-8+,36-25-/t34?,37?,38-,39-,40?,46+/m0/s1. The average Bonchev–Trinajstić information content (AvgIpc) is 3.25. The largest absolute Gasteiger partial charge is 0.507 e. The maximum Gasteiger partial charge on any atom is 0.336 e. The fourth-order valence-electron chi connectivity index (χ4n) is 8.14. The molecule has 4 rings (SSSR count). The van der Waals surface area contributed by atoms with Crippen molar-refractivity contribution in [3.8, 4) is 5.75 Å². The van der Waals surface area contributed by atoms with E-state index in [1.807, 2.05) is 25.1 Å². The number of hydrogen-bond donors (Lipinski definition) is 10. The summed E-state index contributed by atoms with van der Waals surface area (Å²) in [6.07, 6.45) is 4.32. The summed E-state index contributed by atoms with van der Waals surface area (Å²) >= 11 is 0. The fraction of sp³-hybridized carbons (Fsp3) is 0.565. The highest BCUT2D eigenvalue weighted by Crippen LogP contribution is 2.28. The number of benzene rings is 2. The van der Waals surface area contributed by atoms with Gasteiger partial charge in [-0.2, -0.15) is 0 Å². The number of hydrazine groups is 1. The number of phenolic OH excluding ortho intramolecular Hbond substituents is 1. The molecule has 0 aromatic heterocycles. The normalized spacial score (nSPS) is 19.1. The van der Waals surface area contributed by atoms with Gasteiger partial charge in [0.1, 0.15) is 12.3 Å². The van der Waals surface area contributed by atoms with E-state index >= 15 is 0 Å². The van der Waals surface area contributed by atoms with Crippen LogP contribution in [0.25, 0.3) is 6.08 Å². The summed E-state index contributed by atoms with van der Waals surface area (Å²) in [6, 6.07) is 7.16. The number of allylic oxidation sites excluding steroid dienone is 1. The number of amides is 3. The van der Waals surface area contributed by atoms with Gasteiger partial charge in [0.05, 0.1) is 36.9 Å². The van der Waals surface area contributed by atoms with Crippen LogP contribution in [0.3, 0.4) is 0 Å². The SMILES string of the molecule is Cc1ccc(CN(C)C(=O)C2CCCOC2)cc1/C=C/C[C@@](O)(C[C@H](O)C(C[C@H](O)C(O)CNC(=O)c1cc(C)c(O)c(C)c1)NC(=O)CN(N)/C=C(\N)C1CCCCC1)C(=O)O. The highest BCUT2D eigenvalue weighted by Gasteiger charge is 2.40. The molecule has 17 nitrogen and oxygen atoms in total. The first-order chi connectivity index (χ1) is 29.8. The Hall–Kier alpha value is -5.04. The van der Waals surface area contributed by atoms with Crippen molar-refractivity contribution in [2.75, 3.05) is 33.4 Å². The predicted octanol–water partition coefficient (Wildman–Crippen LogP) is 2.26. The smallest absolute Gasteiger partial charge is 0.336 e. The number of hydrogen-bond acceptors (Lipinski definition) is 13. The number of nitrogens with one attached hydrogen (secondary N) is 2. The number of carbonyl (C=O) groups excluding carboxylic acids is 3. The Kier molecular flexibility index (Phi) is 18.9. The molecule has 0 radical (unpaired) electrons. The topological polar surface area (TPSA) is 281 Å². The summed E-state index contributed by atoms with van der Waals surface area (Å²) in [6.45, 7) is 5.63. The lowest BCUT2D eigenvalue weighted by Gasteiger charge is -2.32. The quantitative estimate of drug-likeness (QED) is 0.0637. The molecule has 348 valence electrons. The molecular weight excluding hydrogens is 813 g/mol. The molecule has 1 saturated carbocycles. The highest BCUT2D eigenvalue weighted by atomic mass is 16.5. The molecule has 6 atom stereocenters. The van der Waals surface area contributed by atoms with E-state index in [9.17, 15) is 49.8 Å². The molecular formula is C46H68N6O11. The van der Waals surface area contributed by atoms with E-state index < -0.39 is 80.1 Å². The van der Waals surface area contributed by atoms with Gasteiger partial charge >= 0.3 is 5.97 Å². The second kappa shape index (κ2) is 23.6. The van der Waals surface area contributed by atoms with Crippen molar-refractivity contribution in [1.82, 2.24) is 20.5 Å². The third kappa shape index (κ3) is 15.0. The van der Waals surface area contributed by atoms with Crippen molar-refractivity contribution < 1.29 is 54.6 Å². The number of aromatic hydroxyl groups is 1. The Labute approximate surface area is 369 Å². The third-order valence-corrected chi connectivity index (χ3v) is 12.0. The van der Waals surface area contributed by atoms with Crippen molar-refractivity contribution in [1.29, 1.82) is 0 Å². The molecule has 0 spiro atoms. The molecule has 63 heavy (non-hydrogen) atoms. The Morgan fingerprint density at radius 3 is 2.24 bits per heavy atom. The van der Waals surface area contributed by atoms with Crippen molar-refractivity contribution in [3.05, 3.63) is 81.7 Å². The minimum atomic E-state index is -2.55. The number of phenols is 1. The monoisotopic (exact) mass is 880 g/mol. The lowest BCUT2D eigenvalue weighted by molar-refractivity contribution is -0.162. The van der Waals surface area contributed by atoms with Gasteiger partial charge in [0, 0.05) is 57.0 Å². The third-order valence-electron chi connectivity index (χ3n) is 12.0. The van der Waals surface area contributed by atoms with Gasteiger partial charge in [-0.05, 0) is 105 Å². The van der Waals surface area contributed by atoms with E-state index in [1.165, 1.54) is 24.4 Å². The molecule has 1 heterocycles. The van der Waals surface area contributed by atoms with Crippen LogP contribution in [-0.2, 0) is 25.7 Å². The van der Waals surface area contributed by atoms with Crippen LogP contribution >= 0.6 is 0 Å². The number of aryl methyl sites for hydroxylation is 3. The first-order valence-electron chi connectivity index (χ1n) is 21.7. The van der Waals surface area contributed by atoms with Crippen LogP contribution in [0.1, 0.15) is 102 Å². The maximum atomic E-state index is 13.4. The number of carboxylic acid groups (broad SMARTS) is 1. The Morgan fingerprint density at radius 1 is 0.937 bits per heavy atom. The van der Waals surface area contributed by atoms with Crippen molar-refractivity contribution in [2.24, 2.45) is 23.4 Å². The molecule has 2 fully saturated rings. The summed E-state index contributed by atoms with van der Waals surface area (Å²) in [5.74, 6) is 3.13. The van der Waals surface area contributed by atoms with Gasteiger partial charge in [-0.3, -0.25) is 14.4 Å². The number of rotatable bonds is 21. The van der Waals surface area contributed by atoms with Crippen LogP contribution in [0, 0.1) is 32.6 Å². The Bertz CT molecular complexity index is 1920. The second-order valence-corrected chi connectivity index (χ2v) is 17.4. The summed E-state index contributed by atoms with van der Waals surface area (Å²) in [7, 11) is 1.73. The van der Waals surface area contributed by atoms with E-state index in [4.69, 9.17) is 16.3 Å². The molecule has 0 bridgehead atoms. The van der Waals surface area contributed by atoms with Gasteiger partial charge in [0.25, 0.3) is 5.91 Å². The van der Waals surface area contributed by atoms with Crippen molar-refractivity contribution in [3.63, 3.8) is 0 Å². The van der Waals surface area contributed by atoms with E-state index in [0.717, 1.165) is 66.6 Å². The number of carboxylic acids is 1. The zero-order chi connectivity index (χ0) is 46.4. The van der Waals surface area contributed by atoms with Gasteiger partial charge in [0.15, 0.2) is 5.60 Å². The predicted molar refractivity (Wildman–Crippen MR) is 236 cm³/mol. The summed E-state index contributed by atoms with van der Waals surface area (Å²) in [5, 5.41) is 71.5. The first kappa shape index (κ1) is 50.6. The van der Waals surface area contributed by atoms with Crippen LogP contribution in [0.4, 0.5) is 0 Å². The number of nitrogens with zero attached hydrogens (tertiary/aromatic N) is 2. The number of carbonyl (C=O) groups is 4. The van der Waals surface area contributed by atoms with Gasteiger partial charge in [-0.1, -0.05) is 43.5 Å². The molecule has 12 N–H and O–H groups in total. The molecule has 17 heteroatoms. The molecule has 3 amide bonds. The average molecular weight is 881 g/mol. The van der Waals surface area contributed by atoms with E-state index in [1.54, 1.807) is 31.9 Å². The molecule has 1 aliphatic carbocycles. The van der Waals surface area contributed by atoms with Gasteiger partial charge < -0.3 is 61.7 Å². The first-order valence-corrected chi connectivity index (χ1v) is 21.7. The maximum absolute atomic E-state index is 13.4. The Morgan fingerprint density at radius 2 is 1.60 bits per heavy atom.